The van der Waals surface area contributed by atoms with Gasteiger partial charge in [0.2, 0.25) is 0 Å². The van der Waals surface area contributed by atoms with Gasteiger partial charge in [-0.1, -0.05) is 6.07 Å². The first kappa shape index (κ1) is 13.6. The molecular weight excluding hydrogens is 234 g/mol. The quantitative estimate of drug-likeness (QED) is 0.889. The summed E-state index contributed by atoms with van der Waals surface area (Å²) in [6.07, 6.45) is 4.05. The number of nitriles is 1. The highest BCUT2D eigenvalue weighted by Crippen LogP contribution is 2.23. The molecule has 1 heterocycles. The van der Waals surface area contributed by atoms with Crippen molar-refractivity contribution in [3.05, 3.63) is 36.0 Å². The molecule has 2 rings (SSSR count). The number of rotatable bonds is 5. The van der Waals surface area contributed by atoms with Gasteiger partial charge in [-0.2, -0.15) is 5.26 Å². The summed E-state index contributed by atoms with van der Waals surface area (Å²) in [6.45, 7) is 5.52. The fourth-order valence-corrected chi connectivity index (χ4v) is 2.32. The van der Waals surface area contributed by atoms with Crippen molar-refractivity contribution in [3.63, 3.8) is 0 Å². The van der Waals surface area contributed by atoms with E-state index in [9.17, 15) is 0 Å². The largest absolute Gasteiger partial charge is 0.347 e. The predicted molar refractivity (Wildman–Crippen MR) is 78.5 cm³/mol. The monoisotopic (exact) mass is 255 g/mol. The summed E-state index contributed by atoms with van der Waals surface area (Å²) in [7, 11) is 0. The van der Waals surface area contributed by atoms with E-state index in [1.165, 1.54) is 10.9 Å². The molecule has 100 valence electrons. The van der Waals surface area contributed by atoms with Crippen LogP contribution in [0.25, 0.3) is 10.9 Å². The first-order valence-electron chi connectivity index (χ1n) is 6.75. The van der Waals surface area contributed by atoms with Gasteiger partial charge in [-0.3, -0.25) is 0 Å². The Hall–Kier alpha value is -1.79. The Labute approximate surface area is 114 Å². The van der Waals surface area contributed by atoms with Gasteiger partial charge in [-0.25, -0.2) is 0 Å². The van der Waals surface area contributed by atoms with Crippen molar-refractivity contribution in [2.24, 2.45) is 11.1 Å². The Balaban J connectivity index is 2.08. The maximum Gasteiger partial charge on any atom is 0.0683 e. The maximum absolute atomic E-state index is 9.01. The molecule has 0 bridgehead atoms. The summed E-state index contributed by atoms with van der Waals surface area (Å²) in [6, 6.07) is 10.8. The molecule has 3 nitrogen and oxygen atoms in total. The third-order valence-corrected chi connectivity index (χ3v) is 3.57. The number of nitrogens with two attached hydrogens (primary N) is 1. The van der Waals surface area contributed by atoms with Crippen LogP contribution in [0.15, 0.2) is 30.5 Å². The van der Waals surface area contributed by atoms with Gasteiger partial charge in [0.1, 0.15) is 0 Å². The zero-order valence-corrected chi connectivity index (χ0v) is 11.7. The van der Waals surface area contributed by atoms with Gasteiger partial charge in [0.15, 0.2) is 0 Å². The van der Waals surface area contributed by atoms with Gasteiger partial charge in [-0.15, -0.1) is 0 Å². The van der Waals surface area contributed by atoms with Gasteiger partial charge in [0.25, 0.3) is 0 Å². The van der Waals surface area contributed by atoms with Gasteiger partial charge in [-0.05, 0) is 55.8 Å². The van der Waals surface area contributed by atoms with Crippen LogP contribution >= 0.6 is 0 Å². The zero-order chi connectivity index (χ0) is 13.9. The minimum Gasteiger partial charge on any atom is -0.347 e. The van der Waals surface area contributed by atoms with Crippen molar-refractivity contribution in [2.75, 3.05) is 0 Å². The fourth-order valence-electron chi connectivity index (χ4n) is 2.32. The number of nitrogens with zero attached hydrogens (tertiary/aromatic N) is 2. The lowest BCUT2D eigenvalue weighted by Gasteiger charge is -2.15. The molecule has 0 saturated carbocycles. The molecule has 2 aromatic rings. The lowest BCUT2D eigenvalue weighted by atomic mass is 9.90. The molecule has 2 N–H and O–H groups in total. The summed E-state index contributed by atoms with van der Waals surface area (Å²) in [5.41, 5.74) is 7.83. The van der Waals surface area contributed by atoms with Gasteiger partial charge in [0.05, 0.1) is 11.5 Å². The van der Waals surface area contributed by atoms with E-state index in [1.807, 2.05) is 13.8 Å². The summed E-state index contributed by atoms with van der Waals surface area (Å²) >= 11 is 0. The Morgan fingerprint density at radius 2 is 2.11 bits per heavy atom. The Bertz CT molecular complexity index is 602. The van der Waals surface area contributed by atoms with Gasteiger partial charge < -0.3 is 10.3 Å². The van der Waals surface area contributed by atoms with Crippen molar-refractivity contribution in [1.29, 1.82) is 5.26 Å². The molecule has 0 radical (unpaired) electrons. The average molecular weight is 255 g/mol. The van der Waals surface area contributed by atoms with E-state index in [4.69, 9.17) is 11.0 Å². The van der Waals surface area contributed by atoms with Gasteiger partial charge >= 0.3 is 0 Å². The van der Waals surface area contributed by atoms with E-state index in [2.05, 4.69) is 41.1 Å². The highest BCUT2D eigenvalue weighted by atomic mass is 14.9. The third-order valence-electron chi connectivity index (χ3n) is 3.57. The van der Waals surface area contributed by atoms with E-state index in [1.54, 1.807) is 0 Å². The number of benzene rings is 1. The Kier molecular flexibility index (Phi) is 3.92. The van der Waals surface area contributed by atoms with Crippen LogP contribution in [-0.4, -0.2) is 4.57 Å². The zero-order valence-electron chi connectivity index (χ0n) is 11.7. The molecule has 19 heavy (non-hydrogen) atoms. The minimum absolute atomic E-state index is 0.227. The van der Waals surface area contributed by atoms with Crippen LogP contribution in [0.4, 0.5) is 0 Å². The predicted octanol–water partition coefficient (Wildman–Crippen LogP) is 3.43. The number of aryl methyl sites for hydroxylation is 1. The molecule has 0 fully saturated rings. The summed E-state index contributed by atoms with van der Waals surface area (Å²) < 4.78 is 2.25. The molecule has 0 spiro atoms. The van der Waals surface area contributed by atoms with Crippen LogP contribution in [0, 0.1) is 16.7 Å². The summed E-state index contributed by atoms with van der Waals surface area (Å²) in [5, 5.41) is 10.3. The Morgan fingerprint density at radius 1 is 1.32 bits per heavy atom. The van der Waals surface area contributed by atoms with Crippen molar-refractivity contribution in [3.8, 4) is 6.07 Å². The van der Waals surface area contributed by atoms with E-state index in [-0.39, 0.29) is 5.41 Å². The molecule has 1 aromatic heterocycles. The van der Waals surface area contributed by atoms with Crippen LogP contribution in [0.5, 0.6) is 0 Å². The van der Waals surface area contributed by atoms with Crippen molar-refractivity contribution < 1.29 is 0 Å². The van der Waals surface area contributed by atoms with E-state index >= 15 is 0 Å². The second-order valence-corrected chi connectivity index (χ2v) is 5.71. The smallest absolute Gasteiger partial charge is 0.0683 e. The van der Waals surface area contributed by atoms with Gasteiger partial charge in [0, 0.05) is 24.8 Å². The van der Waals surface area contributed by atoms with Crippen molar-refractivity contribution in [2.45, 2.75) is 39.8 Å². The topological polar surface area (TPSA) is 54.7 Å². The first-order chi connectivity index (χ1) is 9.05. The van der Waals surface area contributed by atoms with Crippen molar-refractivity contribution >= 4 is 10.9 Å². The van der Waals surface area contributed by atoms with Crippen LogP contribution in [0.2, 0.25) is 0 Å². The van der Waals surface area contributed by atoms with Crippen LogP contribution < -0.4 is 5.73 Å². The minimum atomic E-state index is -0.227. The normalized spacial score (nSPS) is 11.7. The van der Waals surface area contributed by atoms with Crippen LogP contribution in [-0.2, 0) is 13.1 Å². The highest BCUT2D eigenvalue weighted by molar-refractivity contribution is 5.80. The van der Waals surface area contributed by atoms with Crippen LogP contribution in [0.3, 0.4) is 0 Å². The summed E-state index contributed by atoms with van der Waals surface area (Å²) in [5.74, 6) is 0. The Morgan fingerprint density at radius 3 is 2.79 bits per heavy atom. The van der Waals surface area contributed by atoms with E-state index in [0.717, 1.165) is 24.9 Å². The standard InChI is InChI=1S/C16H21N3/c1-16(2,12-18)7-3-8-19-9-6-14-10-13(11-17)4-5-15(14)19/h4-6,9-10H,3,7-8,11,17H2,1-2H3. The fraction of sp³-hybridized carbons (Fsp3) is 0.438. The average Bonchev–Trinajstić information content (AvgIpc) is 2.81. The van der Waals surface area contributed by atoms with Crippen LogP contribution in [0.1, 0.15) is 32.3 Å². The number of hydrogen-bond acceptors (Lipinski definition) is 2. The number of hydrogen-bond donors (Lipinski definition) is 1. The maximum atomic E-state index is 9.01. The van der Waals surface area contributed by atoms with Crippen molar-refractivity contribution in [1.82, 2.24) is 4.57 Å². The molecule has 0 aliphatic carbocycles. The lowest BCUT2D eigenvalue weighted by Crippen LogP contribution is -2.09. The summed E-state index contributed by atoms with van der Waals surface area (Å²) in [4.78, 5) is 0. The molecular formula is C16H21N3. The second-order valence-electron chi connectivity index (χ2n) is 5.71. The lowest BCUT2D eigenvalue weighted by molar-refractivity contribution is 0.418. The molecule has 3 heteroatoms. The van der Waals surface area contributed by atoms with E-state index < -0.39 is 0 Å². The molecule has 0 amide bonds. The number of fused-ring (bicyclic) bond motifs is 1. The third kappa shape index (κ3) is 3.15. The molecule has 0 aliphatic heterocycles. The highest BCUT2D eigenvalue weighted by Gasteiger charge is 2.15. The molecule has 1 aromatic carbocycles. The molecule has 0 aliphatic rings. The second kappa shape index (κ2) is 5.46. The van der Waals surface area contributed by atoms with E-state index in [0.29, 0.717) is 6.54 Å². The first-order valence-corrected chi connectivity index (χ1v) is 6.75. The molecule has 0 atom stereocenters. The molecule has 0 saturated heterocycles. The molecule has 0 unspecified atom stereocenters. The SMILES string of the molecule is CC(C)(C#N)CCCn1ccc2cc(CN)ccc21. The number of aromatic nitrogens is 1.